The van der Waals surface area contributed by atoms with Crippen LogP contribution in [-0.4, -0.2) is 43.9 Å². The Hall–Kier alpha value is -4.51. The van der Waals surface area contributed by atoms with Crippen molar-refractivity contribution in [2.24, 2.45) is 0 Å². The molecule has 0 aliphatic heterocycles. The lowest BCUT2D eigenvalue weighted by Gasteiger charge is -2.24. The minimum atomic E-state index is -0.762. The molecule has 0 saturated carbocycles. The van der Waals surface area contributed by atoms with Gasteiger partial charge in [-0.05, 0) is 23.8 Å². The van der Waals surface area contributed by atoms with E-state index in [1.807, 2.05) is 30.3 Å². The fourth-order valence-corrected chi connectivity index (χ4v) is 3.47. The van der Waals surface area contributed by atoms with Crippen LogP contribution in [0.1, 0.15) is 15.9 Å². The highest BCUT2D eigenvalue weighted by Gasteiger charge is 2.26. The summed E-state index contributed by atoms with van der Waals surface area (Å²) in [6.45, 7) is 0.357. The lowest BCUT2D eigenvalue weighted by molar-refractivity contribution is 0.0984. The fourth-order valence-electron chi connectivity index (χ4n) is 3.47. The highest BCUT2D eigenvalue weighted by Crippen LogP contribution is 2.22. The first kappa shape index (κ1) is 22.7. The van der Waals surface area contributed by atoms with Crippen LogP contribution in [0.5, 0.6) is 0 Å². The summed E-state index contributed by atoms with van der Waals surface area (Å²) in [6.07, 6.45) is 4.76. The van der Waals surface area contributed by atoms with Crippen LogP contribution < -0.4 is 21.9 Å². The smallest absolute Gasteiger partial charge is 0.330 e. The van der Waals surface area contributed by atoms with E-state index in [1.165, 1.54) is 22.8 Å². The minimum absolute atomic E-state index is 0.0519. The van der Waals surface area contributed by atoms with Gasteiger partial charge in [-0.1, -0.05) is 30.3 Å². The second kappa shape index (κ2) is 9.96. The molecule has 3 heterocycles. The normalized spacial score (nSPS) is 10.9. The number of nitrogen functional groups attached to an aromatic ring is 1. The van der Waals surface area contributed by atoms with Gasteiger partial charge in [-0.2, -0.15) is 5.10 Å². The molecule has 0 aliphatic rings. The van der Waals surface area contributed by atoms with Gasteiger partial charge in [0, 0.05) is 25.7 Å². The quantitative estimate of drug-likeness (QED) is 0.401. The number of ether oxygens (including phenoxy) is 1. The van der Waals surface area contributed by atoms with E-state index in [1.54, 1.807) is 35.3 Å². The number of nitrogens with zero attached hydrogens (tertiary/aromatic N) is 5. The van der Waals surface area contributed by atoms with Gasteiger partial charge >= 0.3 is 5.69 Å². The number of pyridine rings is 1. The molecular formula is C23H23N7O4. The molecule has 0 bridgehead atoms. The second-order valence-corrected chi connectivity index (χ2v) is 7.37. The lowest BCUT2D eigenvalue weighted by atomic mass is 10.1. The van der Waals surface area contributed by atoms with Gasteiger partial charge in [0.1, 0.15) is 5.82 Å². The molecule has 1 aromatic carbocycles. The summed E-state index contributed by atoms with van der Waals surface area (Å²) in [5.41, 5.74) is 5.69. The molecule has 0 unspecified atom stereocenters. The van der Waals surface area contributed by atoms with Gasteiger partial charge in [-0.15, -0.1) is 0 Å². The molecule has 11 heteroatoms. The zero-order valence-electron chi connectivity index (χ0n) is 18.4. The summed E-state index contributed by atoms with van der Waals surface area (Å²) in [4.78, 5) is 46.6. The number of aromatic nitrogens is 5. The van der Waals surface area contributed by atoms with E-state index in [0.717, 1.165) is 5.56 Å². The van der Waals surface area contributed by atoms with Gasteiger partial charge in [0.25, 0.3) is 11.5 Å². The van der Waals surface area contributed by atoms with E-state index in [9.17, 15) is 14.4 Å². The van der Waals surface area contributed by atoms with Crippen LogP contribution >= 0.6 is 0 Å². The van der Waals surface area contributed by atoms with E-state index in [4.69, 9.17) is 10.5 Å². The van der Waals surface area contributed by atoms with Crippen molar-refractivity contribution in [3.63, 3.8) is 0 Å². The summed E-state index contributed by atoms with van der Waals surface area (Å²) < 4.78 is 7.77. The molecule has 4 rings (SSSR count). The van der Waals surface area contributed by atoms with Crippen molar-refractivity contribution >= 4 is 17.4 Å². The van der Waals surface area contributed by atoms with Crippen molar-refractivity contribution in [1.29, 1.82) is 0 Å². The maximum absolute atomic E-state index is 13.6. The zero-order chi connectivity index (χ0) is 24.1. The molecule has 0 radical (unpaired) electrons. The number of carbonyl (C=O) groups excluding carboxylic acids is 1. The van der Waals surface area contributed by atoms with Gasteiger partial charge < -0.3 is 10.5 Å². The molecule has 0 atom stereocenters. The Morgan fingerprint density at radius 1 is 1.15 bits per heavy atom. The van der Waals surface area contributed by atoms with Gasteiger partial charge in [-0.3, -0.25) is 24.0 Å². The first-order chi connectivity index (χ1) is 16.5. The summed E-state index contributed by atoms with van der Waals surface area (Å²) in [5.74, 6) is -0.102. The molecule has 1 amide bonds. The third-order valence-electron chi connectivity index (χ3n) is 5.17. The number of nitrogens with one attached hydrogen (secondary N) is 1. The standard InChI is InChI=1S/C23H23N7O4/c1-34-13-12-28-20(24)19(21(31)27-23(28)33)29(15-16-6-3-2-4-7-16)22(32)17-8-9-18(25-14-17)30-11-5-10-26-30/h2-11,14H,12-13,15,24H2,1H3,(H,27,31,33). The monoisotopic (exact) mass is 461 g/mol. The Morgan fingerprint density at radius 2 is 1.94 bits per heavy atom. The van der Waals surface area contributed by atoms with Gasteiger partial charge in [-0.25, -0.2) is 14.5 Å². The van der Waals surface area contributed by atoms with E-state index in [2.05, 4.69) is 15.1 Å². The van der Waals surface area contributed by atoms with E-state index >= 15 is 0 Å². The number of hydrogen-bond donors (Lipinski definition) is 2. The van der Waals surface area contributed by atoms with Crippen molar-refractivity contribution in [2.75, 3.05) is 24.4 Å². The number of benzene rings is 1. The van der Waals surface area contributed by atoms with Crippen molar-refractivity contribution in [3.8, 4) is 5.82 Å². The van der Waals surface area contributed by atoms with E-state index < -0.39 is 17.2 Å². The largest absolute Gasteiger partial charge is 0.383 e. The number of methoxy groups -OCH3 is 1. The number of amides is 1. The highest BCUT2D eigenvalue weighted by atomic mass is 16.5. The molecule has 4 aromatic rings. The van der Waals surface area contributed by atoms with Crippen molar-refractivity contribution in [2.45, 2.75) is 13.1 Å². The summed E-state index contributed by atoms with van der Waals surface area (Å²) in [5, 5.41) is 4.12. The highest BCUT2D eigenvalue weighted by molar-refractivity contribution is 6.07. The van der Waals surface area contributed by atoms with Crippen LogP contribution in [0.25, 0.3) is 5.82 Å². The maximum atomic E-state index is 13.6. The number of aromatic amines is 1. The number of H-pyrrole nitrogens is 1. The van der Waals surface area contributed by atoms with Crippen molar-refractivity contribution in [1.82, 2.24) is 24.3 Å². The Kier molecular flexibility index (Phi) is 6.64. The number of carbonyl (C=O) groups is 1. The SMILES string of the molecule is COCCn1c(N)c(N(Cc2ccccc2)C(=O)c2ccc(-n3cccn3)nc2)c(=O)[nH]c1=O. The molecule has 0 fully saturated rings. The number of hydrogen-bond acceptors (Lipinski definition) is 7. The third-order valence-corrected chi connectivity index (χ3v) is 5.17. The predicted octanol–water partition coefficient (Wildman–Crippen LogP) is 1.19. The van der Waals surface area contributed by atoms with Crippen LogP contribution in [-0.2, 0) is 17.8 Å². The Bertz CT molecular complexity index is 1380. The summed E-state index contributed by atoms with van der Waals surface area (Å²) in [6, 6.07) is 14.1. The molecular weight excluding hydrogens is 438 g/mol. The van der Waals surface area contributed by atoms with Gasteiger partial charge in [0.2, 0.25) is 0 Å². The van der Waals surface area contributed by atoms with E-state index in [-0.39, 0.29) is 36.8 Å². The maximum Gasteiger partial charge on any atom is 0.330 e. The van der Waals surface area contributed by atoms with E-state index in [0.29, 0.717) is 5.82 Å². The molecule has 11 nitrogen and oxygen atoms in total. The molecule has 0 aliphatic carbocycles. The van der Waals surface area contributed by atoms with Crippen molar-refractivity contribution in [3.05, 3.63) is 99.1 Å². The topological polar surface area (TPSA) is 141 Å². The van der Waals surface area contributed by atoms with Crippen LogP contribution in [0.15, 0.2) is 76.7 Å². The first-order valence-electron chi connectivity index (χ1n) is 10.4. The molecule has 3 N–H and O–H groups in total. The summed E-state index contributed by atoms with van der Waals surface area (Å²) in [7, 11) is 1.49. The Labute approximate surface area is 194 Å². The molecule has 34 heavy (non-hydrogen) atoms. The molecule has 0 spiro atoms. The van der Waals surface area contributed by atoms with Crippen LogP contribution in [0, 0.1) is 0 Å². The Balaban J connectivity index is 1.78. The van der Waals surface area contributed by atoms with Gasteiger partial charge in [0.05, 0.1) is 25.3 Å². The van der Waals surface area contributed by atoms with Gasteiger partial charge in [0.15, 0.2) is 11.5 Å². The molecule has 174 valence electrons. The number of anilines is 2. The fraction of sp³-hybridized carbons (Fsp3) is 0.174. The van der Waals surface area contributed by atoms with Crippen LogP contribution in [0.4, 0.5) is 11.5 Å². The van der Waals surface area contributed by atoms with Crippen molar-refractivity contribution < 1.29 is 9.53 Å². The van der Waals surface area contributed by atoms with Crippen LogP contribution in [0.2, 0.25) is 0 Å². The summed E-state index contributed by atoms with van der Waals surface area (Å²) >= 11 is 0. The number of rotatable bonds is 8. The second-order valence-electron chi connectivity index (χ2n) is 7.37. The molecule has 3 aromatic heterocycles. The minimum Gasteiger partial charge on any atom is -0.383 e. The molecule has 0 saturated heterocycles. The average Bonchev–Trinajstić information content (AvgIpc) is 3.38. The average molecular weight is 461 g/mol. The Morgan fingerprint density at radius 3 is 2.59 bits per heavy atom. The zero-order valence-corrected chi connectivity index (χ0v) is 18.4. The van der Waals surface area contributed by atoms with Crippen LogP contribution in [0.3, 0.4) is 0 Å². The predicted molar refractivity (Wildman–Crippen MR) is 126 cm³/mol. The number of nitrogens with two attached hydrogens (primary N) is 1. The third kappa shape index (κ3) is 4.64. The lowest BCUT2D eigenvalue weighted by Crippen LogP contribution is -2.41. The first-order valence-corrected chi connectivity index (χ1v) is 10.4.